The van der Waals surface area contributed by atoms with Crippen molar-refractivity contribution in [2.45, 2.75) is 0 Å². The summed E-state index contributed by atoms with van der Waals surface area (Å²) < 4.78 is 3.46. The highest BCUT2D eigenvalue weighted by molar-refractivity contribution is 9.10. The van der Waals surface area contributed by atoms with E-state index in [0.29, 0.717) is 0 Å². The maximum absolute atomic E-state index is 3.77. The van der Waals surface area contributed by atoms with Crippen molar-refractivity contribution >= 4 is 48.5 Å². The van der Waals surface area contributed by atoms with Crippen LogP contribution in [0.4, 0.5) is 0 Å². The second kappa shape index (κ2) is 5.22. The number of benzene rings is 4. The van der Waals surface area contributed by atoms with Gasteiger partial charge in [0.25, 0.3) is 0 Å². The van der Waals surface area contributed by atoms with Crippen LogP contribution >= 0.6 is 15.9 Å². The predicted octanol–water partition coefficient (Wildman–Crippen LogP) is 6.70. The number of hydrogen-bond donors (Lipinski definition) is 0. The first-order valence-electron chi connectivity index (χ1n) is 8.00. The number of aromatic nitrogens is 1. The standard InChI is InChI=1S/C22H14BrN/c23-19-12-6-11-18-21-17-10-5-4-7-15(17)13-14-20(21)24(22(18)19)16-8-2-1-3-9-16/h1-14H. The summed E-state index contributed by atoms with van der Waals surface area (Å²) >= 11 is 3.77. The summed E-state index contributed by atoms with van der Waals surface area (Å²) in [5.74, 6) is 0. The Morgan fingerprint density at radius 3 is 2.25 bits per heavy atom. The molecule has 0 aliphatic carbocycles. The van der Waals surface area contributed by atoms with E-state index in [1.165, 1.54) is 38.3 Å². The molecule has 4 aromatic carbocycles. The van der Waals surface area contributed by atoms with Gasteiger partial charge in [-0.15, -0.1) is 0 Å². The molecule has 0 saturated carbocycles. The first kappa shape index (κ1) is 13.8. The summed E-state index contributed by atoms with van der Waals surface area (Å²) in [5.41, 5.74) is 3.64. The van der Waals surface area contributed by atoms with Crippen molar-refractivity contribution in [2.24, 2.45) is 0 Å². The maximum atomic E-state index is 3.77. The molecule has 0 fully saturated rings. The molecule has 0 spiro atoms. The first-order valence-corrected chi connectivity index (χ1v) is 8.80. The third kappa shape index (κ3) is 1.87. The number of para-hydroxylation sites is 2. The zero-order valence-corrected chi connectivity index (χ0v) is 14.5. The summed E-state index contributed by atoms with van der Waals surface area (Å²) in [6.45, 7) is 0. The lowest BCUT2D eigenvalue weighted by Gasteiger charge is -2.08. The number of rotatable bonds is 1. The molecule has 114 valence electrons. The van der Waals surface area contributed by atoms with E-state index >= 15 is 0 Å². The number of hydrogen-bond acceptors (Lipinski definition) is 0. The van der Waals surface area contributed by atoms with Crippen molar-refractivity contribution in [3.63, 3.8) is 0 Å². The van der Waals surface area contributed by atoms with E-state index in [2.05, 4.69) is 105 Å². The smallest absolute Gasteiger partial charge is 0.0683 e. The number of nitrogens with zero attached hydrogens (tertiary/aromatic N) is 1. The Kier molecular flexibility index (Phi) is 3.00. The molecular weight excluding hydrogens is 358 g/mol. The minimum atomic E-state index is 1.11. The lowest BCUT2D eigenvalue weighted by Crippen LogP contribution is -1.93. The largest absolute Gasteiger partial charge is 0.308 e. The van der Waals surface area contributed by atoms with E-state index in [4.69, 9.17) is 0 Å². The van der Waals surface area contributed by atoms with Crippen LogP contribution in [-0.2, 0) is 0 Å². The van der Waals surface area contributed by atoms with Crippen LogP contribution in [-0.4, -0.2) is 4.57 Å². The van der Waals surface area contributed by atoms with Crippen molar-refractivity contribution < 1.29 is 0 Å². The second-order valence-corrected chi connectivity index (χ2v) is 6.84. The molecule has 0 saturated heterocycles. The average molecular weight is 372 g/mol. The van der Waals surface area contributed by atoms with Crippen molar-refractivity contribution in [2.75, 3.05) is 0 Å². The molecule has 0 amide bonds. The van der Waals surface area contributed by atoms with Crippen molar-refractivity contribution in [3.8, 4) is 5.69 Å². The monoisotopic (exact) mass is 371 g/mol. The molecule has 0 aliphatic rings. The van der Waals surface area contributed by atoms with Gasteiger partial charge in [-0.2, -0.15) is 0 Å². The molecule has 1 aromatic heterocycles. The number of halogens is 1. The van der Waals surface area contributed by atoms with E-state index in [-0.39, 0.29) is 0 Å². The van der Waals surface area contributed by atoms with E-state index in [9.17, 15) is 0 Å². The fourth-order valence-electron chi connectivity index (χ4n) is 3.64. The van der Waals surface area contributed by atoms with Gasteiger partial charge in [0, 0.05) is 20.9 Å². The molecule has 0 bridgehead atoms. The summed E-state index contributed by atoms with van der Waals surface area (Å²) in [6, 6.07) is 30.1. The van der Waals surface area contributed by atoms with Crippen LogP contribution in [0.3, 0.4) is 0 Å². The minimum Gasteiger partial charge on any atom is -0.308 e. The van der Waals surface area contributed by atoms with Crippen LogP contribution in [0.25, 0.3) is 38.3 Å². The zero-order valence-electron chi connectivity index (χ0n) is 12.9. The molecule has 5 rings (SSSR count). The molecule has 5 aromatic rings. The normalized spacial score (nSPS) is 11.5. The van der Waals surface area contributed by atoms with Gasteiger partial charge in [-0.1, -0.05) is 60.7 Å². The topological polar surface area (TPSA) is 4.93 Å². The molecular formula is C22H14BrN. The fourth-order valence-corrected chi connectivity index (χ4v) is 4.18. The molecule has 0 unspecified atom stereocenters. The van der Waals surface area contributed by atoms with Crippen molar-refractivity contribution in [1.82, 2.24) is 4.57 Å². The quantitative estimate of drug-likeness (QED) is 0.309. The minimum absolute atomic E-state index is 1.11. The lowest BCUT2D eigenvalue weighted by molar-refractivity contribution is 1.18. The van der Waals surface area contributed by atoms with Crippen LogP contribution < -0.4 is 0 Å². The van der Waals surface area contributed by atoms with Gasteiger partial charge in [-0.3, -0.25) is 0 Å². The van der Waals surface area contributed by atoms with Crippen molar-refractivity contribution in [1.29, 1.82) is 0 Å². The highest BCUT2D eigenvalue weighted by atomic mass is 79.9. The van der Waals surface area contributed by atoms with Crippen LogP contribution in [0.2, 0.25) is 0 Å². The van der Waals surface area contributed by atoms with Gasteiger partial charge in [0.05, 0.1) is 11.0 Å². The fraction of sp³-hybridized carbons (Fsp3) is 0. The molecule has 1 heterocycles. The third-order valence-electron chi connectivity index (χ3n) is 4.64. The number of fused-ring (bicyclic) bond motifs is 5. The zero-order chi connectivity index (χ0) is 16.1. The summed E-state index contributed by atoms with van der Waals surface area (Å²) in [5, 5.41) is 5.16. The highest BCUT2D eigenvalue weighted by Crippen LogP contribution is 2.39. The van der Waals surface area contributed by atoms with E-state index in [1.54, 1.807) is 0 Å². The lowest BCUT2D eigenvalue weighted by atomic mass is 10.0. The maximum Gasteiger partial charge on any atom is 0.0683 e. The molecule has 1 nitrogen and oxygen atoms in total. The molecule has 0 radical (unpaired) electrons. The van der Waals surface area contributed by atoms with Gasteiger partial charge in [0.15, 0.2) is 0 Å². The average Bonchev–Trinajstić information content (AvgIpc) is 2.99. The summed E-state index contributed by atoms with van der Waals surface area (Å²) in [6.07, 6.45) is 0. The predicted molar refractivity (Wildman–Crippen MR) is 106 cm³/mol. The van der Waals surface area contributed by atoms with Gasteiger partial charge < -0.3 is 4.57 Å². The van der Waals surface area contributed by atoms with Gasteiger partial charge in [0.1, 0.15) is 0 Å². The van der Waals surface area contributed by atoms with Crippen LogP contribution in [0.5, 0.6) is 0 Å². The molecule has 0 aliphatic heterocycles. The van der Waals surface area contributed by atoms with Gasteiger partial charge >= 0.3 is 0 Å². The van der Waals surface area contributed by atoms with E-state index < -0.39 is 0 Å². The molecule has 2 heteroatoms. The van der Waals surface area contributed by atoms with Gasteiger partial charge in [-0.25, -0.2) is 0 Å². The third-order valence-corrected chi connectivity index (χ3v) is 5.28. The Labute approximate surface area is 148 Å². The molecule has 24 heavy (non-hydrogen) atoms. The highest BCUT2D eigenvalue weighted by Gasteiger charge is 2.16. The van der Waals surface area contributed by atoms with Gasteiger partial charge in [-0.05, 0) is 51.0 Å². The Morgan fingerprint density at radius 2 is 1.38 bits per heavy atom. The summed E-state index contributed by atoms with van der Waals surface area (Å²) in [7, 11) is 0. The molecule has 0 N–H and O–H groups in total. The Morgan fingerprint density at radius 1 is 0.625 bits per heavy atom. The van der Waals surface area contributed by atoms with E-state index in [1.807, 2.05) is 0 Å². The Balaban J connectivity index is 2.10. The van der Waals surface area contributed by atoms with E-state index in [0.717, 1.165) is 4.47 Å². The van der Waals surface area contributed by atoms with Crippen LogP contribution in [0.1, 0.15) is 0 Å². The van der Waals surface area contributed by atoms with Crippen LogP contribution in [0.15, 0.2) is 89.4 Å². The summed E-state index contributed by atoms with van der Waals surface area (Å²) in [4.78, 5) is 0. The first-order chi connectivity index (χ1) is 11.8. The second-order valence-electron chi connectivity index (χ2n) is 5.99. The van der Waals surface area contributed by atoms with Crippen LogP contribution in [0, 0.1) is 0 Å². The Bertz CT molecular complexity index is 1200. The molecule has 0 atom stereocenters. The SMILES string of the molecule is Brc1cccc2c3c4ccccc4ccc3n(-c3ccccc3)c12. The van der Waals surface area contributed by atoms with Gasteiger partial charge in [0.2, 0.25) is 0 Å². The Hall–Kier alpha value is -2.58. The van der Waals surface area contributed by atoms with Crippen molar-refractivity contribution in [3.05, 3.63) is 89.4 Å².